The second-order valence-electron chi connectivity index (χ2n) is 5.20. The van der Waals surface area contributed by atoms with E-state index in [1.807, 2.05) is 6.92 Å². The van der Waals surface area contributed by atoms with Crippen LogP contribution in [0.15, 0.2) is 0 Å². The predicted octanol–water partition coefficient (Wildman–Crippen LogP) is 2.78. The lowest BCUT2D eigenvalue weighted by Gasteiger charge is -2.38. The van der Waals surface area contributed by atoms with Crippen LogP contribution < -0.4 is 0 Å². The van der Waals surface area contributed by atoms with E-state index in [1.165, 1.54) is 0 Å². The number of aliphatic hydroxyl groups is 1. The molecule has 0 saturated heterocycles. The minimum Gasteiger partial charge on any atom is -0.414 e. The highest BCUT2D eigenvalue weighted by Crippen LogP contribution is 2.37. The summed E-state index contributed by atoms with van der Waals surface area (Å²) < 4.78 is 6.02. The molecule has 0 aromatic rings. The first-order valence-electron chi connectivity index (χ1n) is 4.99. The van der Waals surface area contributed by atoms with Gasteiger partial charge in [0.05, 0.1) is 0 Å². The van der Waals surface area contributed by atoms with Crippen LogP contribution in [-0.4, -0.2) is 26.1 Å². The Morgan fingerprint density at radius 2 is 1.77 bits per heavy atom. The van der Waals surface area contributed by atoms with Gasteiger partial charge in [-0.05, 0) is 31.5 Å². The Balaban J connectivity index is 4.17. The first-order chi connectivity index (χ1) is 5.70. The second kappa shape index (κ2) is 4.58. The van der Waals surface area contributed by atoms with Gasteiger partial charge in [-0.3, -0.25) is 0 Å². The van der Waals surface area contributed by atoms with Gasteiger partial charge in [-0.2, -0.15) is 0 Å². The molecule has 1 atom stereocenters. The Morgan fingerprint density at radius 3 is 2.08 bits per heavy atom. The smallest absolute Gasteiger partial charge is 0.192 e. The van der Waals surface area contributed by atoms with E-state index in [1.54, 1.807) is 0 Å². The van der Waals surface area contributed by atoms with Crippen molar-refractivity contribution in [1.29, 1.82) is 0 Å². The molecule has 0 aromatic carbocycles. The largest absolute Gasteiger partial charge is 0.414 e. The third-order valence-corrected chi connectivity index (χ3v) is 7.44. The summed E-state index contributed by atoms with van der Waals surface area (Å²) in [6, 6.07) is 0. The Bertz CT molecular complexity index is 149. The quantitative estimate of drug-likeness (QED) is 0.714. The van der Waals surface area contributed by atoms with Crippen LogP contribution in [0.3, 0.4) is 0 Å². The minimum atomic E-state index is -1.62. The lowest BCUT2D eigenvalue weighted by molar-refractivity contribution is 0.154. The summed E-state index contributed by atoms with van der Waals surface area (Å²) >= 11 is 0. The van der Waals surface area contributed by atoms with Gasteiger partial charge in [-0.25, -0.2) is 0 Å². The van der Waals surface area contributed by atoms with Crippen LogP contribution in [0.5, 0.6) is 0 Å². The molecule has 13 heavy (non-hydrogen) atoms. The van der Waals surface area contributed by atoms with Gasteiger partial charge in [-0.15, -0.1) is 0 Å². The molecule has 0 spiro atoms. The third kappa shape index (κ3) is 4.25. The van der Waals surface area contributed by atoms with Gasteiger partial charge in [0, 0.05) is 12.7 Å². The zero-order valence-corrected chi connectivity index (χ0v) is 10.8. The molecule has 0 saturated carbocycles. The van der Waals surface area contributed by atoms with Gasteiger partial charge in [0.15, 0.2) is 8.32 Å². The zero-order chi connectivity index (χ0) is 10.7. The lowest BCUT2D eigenvalue weighted by atomic mass is 10.2. The summed E-state index contributed by atoms with van der Waals surface area (Å²) in [5, 5.41) is 9.03. The molecule has 1 N–H and O–H groups in total. The molecule has 0 aliphatic carbocycles. The van der Waals surface area contributed by atoms with Crippen molar-refractivity contribution in [3.63, 3.8) is 0 Å². The van der Waals surface area contributed by atoms with Crippen LogP contribution >= 0.6 is 0 Å². The third-order valence-electron chi connectivity index (χ3n) is 2.84. The molecule has 0 heterocycles. The topological polar surface area (TPSA) is 29.5 Å². The van der Waals surface area contributed by atoms with Crippen molar-refractivity contribution < 1.29 is 9.53 Å². The molecule has 0 aromatic heterocycles. The van der Waals surface area contributed by atoms with E-state index < -0.39 is 8.32 Å². The van der Waals surface area contributed by atoms with Crippen molar-refractivity contribution in [1.82, 2.24) is 0 Å². The molecular formula is C10H24O2Si. The fraction of sp³-hybridized carbons (Fsp3) is 1.00. The summed E-state index contributed by atoms with van der Waals surface area (Å²) in [4.78, 5) is 0. The molecule has 0 amide bonds. The van der Waals surface area contributed by atoms with Crippen molar-refractivity contribution >= 4 is 8.32 Å². The summed E-state index contributed by atoms with van der Waals surface area (Å²) in [5.74, 6) is 0. The highest BCUT2D eigenvalue weighted by molar-refractivity contribution is 6.74. The predicted molar refractivity (Wildman–Crippen MR) is 59.4 cm³/mol. The average molecular weight is 204 g/mol. The van der Waals surface area contributed by atoms with Crippen LogP contribution in [0.2, 0.25) is 18.1 Å². The minimum absolute atomic E-state index is 0.186. The van der Waals surface area contributed by atoms with Crippen molar-refractivity contribution in [3.05, 3.63) is 0 Å². The van der Waals surface area contributed by atoms with E-state index in [0.717, 1.165) is 6.42 Å². The monoisotopic (exact) mass is 204 g/mol. The molecule has 3 heteroatoms. The van der Waals surface area contributed by atoms with E-state index in [-0.39, 0.29) is 17.7 Å². The van der Waals surface area contributed by atoms with Crippen LogP contribution in [0.25, 0.3) is 0 Å². The normalized spacial score (nSPS) is 15.9. The fourth-order valence-electron chi connectivity index (χ4n) is 0.920. The molecular weight excluding hydrogens is 180 g/mol. The van der Waals surface area contributed by atoms with E-state index in [9.17, 15) is 0 Å². The highest BCUT2D eigenvalue weighted by atomic mass is 28.4. The summed E-state index contributed by atoms with van der Waals surface area (Å²) in [6.07, 6.45) is 0.929. The van der Waals surface area contributed by atoms with Crippen molar-refractivity contribution in [2.45, 2.75) is 58.4 Å². The Kier molecular flexibility index (Phi) is 4.62. The molecule has 0 fully saturated rings. The van der Waals surface area contributed by atoms with Crippen molar-refractivity contribution in [2.75, 3.05) is 6.61 Å². The number of hydrogen-bond acceptors (Lipinski definition) is 2. The van der Waals surface area contributed by atoms with E-state index >= 15 is 0 Å². The Hall–Kier alpha value is 0.137. The number of hydrogen-bond donors (Lipinski definition) is 1. The molecule has 0 radical (unpaired) electrons. The molecule has 0 aliphatic rings. The van der Waals surface area contributed by atoms with Crippen LogP contribution in [0, 0.1) is 0 Å². The van der Waals surface area contributed by atoms with Gasteiger partial charge in [0.2, 0.25) is 0 Å². The maximum absolute atomic E-state index is 8.77. The summed E-state index contributed by atoms with van der Waals surface area (Å²) in [5.41, 5.74) is 0. The molecule has 2 nitrogen and oxygen atoms in total. The standard InChI is InChI=1S/C10H24O2Si/c1-9(7-8-11)12-13(5,6)10(2,3)4/h9,11H,7-8H2,1-6H3. The Morgan fingerprint density at radius 1 is 1.31 bits per heavy atom. The first kappa shape index (κ1) is 13.1. The molecule has 0 bridgehead atoms. The molecule has 0 aliphatic heterocycles. The zero-order valence-electron chi connectivity index (χ0n) is 9.85. The van der Waals surface area contributed by atoms with Crippen molar-refractivity contribution in [3.8, 4) is 0 Å². The molecule has 1 unspecified atom stereocenters. The maximum atomic E-state index is 8.77. The van der Waals surface area contributed by atoms with Gasteiger partial charge < -0.3 is 9.53 Å². The lowest BCUT2D eigenvalue weighted by Crippen LogP contribution is -2.43. The second-order valence-corrected chi connectivity index (χ2v) is 9.96. The summed E-state index contributed by atoms with van der Waals surface area (Å²) in [7, 11) is -1.62. The maximum Gasteiger partial charge on any atom is 0.192 e. The van der Waals surface area contributed by atoms with E-state index in [0.29, 0.717) is 0 Å². The van der Waals surface area contributed by atoms with Gasteiger partial charge in [0.1, 0.15) is 0 Å². The SMILES string of the molecule is CC(CCO)O[Si](C)(C)C(C)(C)C. The average Bonchev–Trinajstić information content (AvgIpc) is 1.83. The van der Waals surface area contributed by atoms with E-state index in [4.69, 9.17) is 9.53 Å². The Labute approximate surface area is 83.4 Å². The fourth-order valence-corrected chi connectivity index (χ4v) is 2.40. The number of aliphatic hydroxyl groups excluding tert-OH is 1. The van der Waals surface area contributed by atoms with E-state index in [2.05, 4.69) is 33.9 Å². The van der Waals surface area contributed by atoms with Gasteiger partial charge >= 0.3 is 0 Å². The summed E-state index contributed by atoms with van der Waals surface area (Å²) in [6.45, 7) is 13.4. The van der Waals surface area contributed by atoms with Crippen LogP contribution in [-0.2, 0) is 4.43 Å². The van der Waals surface area contributed by atoms with Crippen LogP contribution in [0.4, 0.5) is 0 Å². The van der Waals surface area contributed by atoms with Gasteiger partial charge in [-0.1, -0.05) is 20.8 Å². The van der Waals surface area contributed by atoms with Crippen LogP contribution in [0.1, 0.15) is 34.1 Å². The number of rotatable bonds is 4. The van der Waals surface area contributed by atoms with Gasteiger partial charge in [0.25, 0.3) is 0 Å². The van der Waals surface area contributed by atoms with Crippen molar-refractivity contribution in [2.24, 2.45) is 0 Å². The molecule has 0 rings (SSSR count). The first-order valence-corrected chi connectivity index (χ1v) is 7.90. The molecule has 80 valence electrons. The highest BCUT2D eigenvalue weighted by Gasteiger charge is 2.38.